The number of carbonyl (C=O) groups excluding carboxylic acids is 2. The molecule has 2 aromatic carbocycles. The average Bonchev–Trinajstić information content (AvgIpc) is 3.33. The molecule has 31 heavy (non-hydrogen) atoms. The number of aromatic nitrogens is 2. The molecule has 0 bridgehead atoms. The molecule has 6 nitrogen and oxygen atoms in total. The molecular formula is C24H16BrN3O3. The first-order valence-corrected chi connectivity index (χ1v) is 10.4. The molecule has 0 radical (unpaired) electrons. The van der Waals surface area contributed by atoms with Crippen LogP contribution in [0.5, 0.6) is 0 Å². The molecule has 152 valence electrons. The lowest BCUT2D eigenvalue weighted by Gasteiger charge is -2.25. The van der Waals surface area contributed by atoms with Gasteiger partial charge in [-0.25, -0.2) is 0 Å². The summed E-state index contributed by atoms with van der Waals surface area (Å²) in [5, 5.41) is 12.0. The quantitative estimate of drug-likeness (QED) is 0.250. The van der Waals surface area contributed by atoms with Gasteiger partial charge in [-0.15, -0.1) is 0 Å². The second-order valence-corrected chi connectivity index (χ2v) is 8.10. The zero-order valence-electron chi connectivity index (χ0n) is 16.1. The minimum absolute atomic E-state index is 0.0303. The van der Waals surface area contributed by atoms with E-state index < -0.39 is 17.7 Å². The molecule has 1 aliphatic heterocycles. The zero-order valence-corrected chi connectivity index (χ0v) is 17.7. The highest BCUT2D eigenvalue weighted by Crippen LogP contribution is 2.43. The van der Waals surface area contributed by atoms with Crippen molar-refractivity contribution in [3.8, 4) is 0 Å². The number of nitrogens with one attached hydrogen (secondary N) is 1. The molecule has 4 aromatic rings. The number of fused-ring (bicyclic) bond motifs is 1. The van der Waals surface area contributed by atoms with Gasteiger partial charge in [-0.2, -0.15) is 0 Å². The molecule has 3 heterocycles. The number of aliphatic hydroxyl groups is 1. The third-order valence-corrected chi connectivity index (χ3v) is 5.87. The van der Waals surface area contributed by atoms with E-state index in [1.165, 1.54) is 4.90 Å². The van der Waals surface area contributed by atoms with Gasteiger partial charge in [0.15, 0.2) is 0 Å². The molecule has 0 saturated carbocycles. The maximum atomic E-state index is 13.2. The lowest BCUT2D eigenvalue weighted by Crippen LogP contribution is -2.29. The Hall–Kier alpha value is -3.71. The molecule has 7 heteroatoms. The predicted octanol–water partition coefficient (Wildman–Crippen LogP) is 4.95. The molecule has 1 unspecified atom stereocenters. The summed E-state index contributed by atoms with van der Waals surface area (Å²) in [6.45, 7) is 0. The number of nitrogens with zero attached hydrogens (tertiary/aromatic N) is 2. The number of ketones is 1. The number of aliphatic hydroxyl groups excluding tert-OH is 1. The summed E-state index contributed by atoms with van der Waals surface area (Å²) in [5.74, 6) is -1.66. The van der Waals surface area contributed by atoms with Gasteiger partial charge in [-0.1, -0.05) is 46.3 Å². The average molecular weight is 474 g/mol. The SMILES string of the molecule is O=C1C(=O)N(c2cccc(Br)c2)C(c2cccnc2)/C1=C(/O)c1c[nH]c2ccccc12. The van der Waals surface area contributed by atoms with Crippen molar-refractivity contribution in [1.29, 1.82) is 0 Å². The first kappa shape index (κ1) is 19.3. The summed E-state index contributed by atoms with van der Waals surface area (Å²) in [4.78, 5) is 35.0. The summed E-state index contributed by atoms with van der Waals surface area (Å²) in [5.41, 5.74) is 2.49. The number of halogens is 1. The Morgan fingerprint density at radius 1 is 1.06 bits per heavy atom. The van der Waals surface area contributed by atoms with Crippen molar-refractivity contribution in [2.75, 3.05) is 4.90 Å². The minimum Gasteiger partial charge on any atom is -0.507 e. The van der Waals surface area contributed by atoms with Crippen LogP contribution >= 0.6 is 15.9 Å². The van der Waals surface area contributed by atoms with Crippen molar-refractivity contribution in [2.45, 2.75) is 6.04 Å². The summed E-state index contributed by atoms with van der Waals surface area (Å²) in [6, 6.07) is 17.3. The number of Topliss-reactive ketones (excluding diaryl/α,β-unsaturated/α-hetero) is 1. The number of amides is 1. The molecule has 0 aliphatic carbocycles. The highest BCUT2D eigenvalue weighted by atomic mass is 79.9. The molecule has 2 N–H and O–H groups in total. The Bertz CT molecular complexity index is 1360. The number of para-hydroxylation sites is 1. The molecule has 1 amide bonds. The second kappa shape index (κ2) is 7.52. The summed E-state index contributed by atoms with van der Waals surface area (Å²) >= 11 is 3.42. The highest BCUT2D eigenvalue weighted by Gasteiger charge is 2.47. The lowest BCUT2D eigenvalue weighted by molar-refractivity contribution is -0.132. The van der Waals surface area contributed by atoms with Crippen molar-refractivity contribution < 1.29 is 14.7 Å². The van der Waals surface area contributed by atoms with Crippen LogP contribution in [0.3, 0.4) is 0 Å². The van der Waals surface area contributed by atoms with E-state index in [1.807, 2.05) is 30.3 Å². The van der Waals surface area contributed by atoms with Crippen LogP contribution in [0, 0.1) is 0 Å². The molecular weight excluding hydrogens is 458 g/mol. The fourth-order valence-electron chi connectivity index (χ4n) is 3.99. The van der Waals surface area contributed by atoms with Gasteiger partial charge in [-0.3, -0.25) is 19.5 Å². The van der Waals surface area contributed by atoms with E-state index in [0.29, 0.717) is 16.8 Å². The van der Waals surface area contributed by atoms with Crippen LogP contribution in [0.1, 0.15) is 17.2 Å². The first-order chi connectivity index (χ1) is 15.1. The van der Waals surface area contributed by atoms with E-state index in [2.05, 4.69) is 25.9 Å². The minimum atomic E-state index is -0.809. The molecule has 1 aliphatic rings. The van der Waals surface area contributed by atoms with E-state index in [-0.39, 0.29) is 11.3 Å². The number of benzene rings is 2. The molecule has 1 atom stereocenters. The van der Waals surface area contributed by atoms with Crippen molar-refractivity contribution in [2.24, 2.45) is 0 Å². The van der Waals surface area contributed by atoms with Gasteiger partial charge in [0.25, 0.3) is 11.7 Å². The van der Waals surface area contributed by atoms with E-state index >= 15 is 0 Å². The largest absolute Gasteiger partial charge is 0.507 e. The normalized spacial score (nSPS) is 18.1. The van der Waals surface area contributed by atoms with Crippen LogP contribution in [0.2, 0.25) is 0 Å². The number of hydrogen-bond acceptors (Lipinski definition) is 4. The number of H-pyrrole nitrogens is 1. The number of carbonyl (C=O) groups is 2. The Kier molecular flexibility index (Phi) is 4.67. The number of aromatic amines is 1. The molecule has 2 aromatic heterocycles. The van der Waals surface area contributed by atoms with Gasteiger partial charge >= 0.3 is 0 Å². The van der Waals surface area contributed by atoms with Gasteiger partial charge in [0.2, 0.25) is 0 Å². The second-order valence-electron chi connectivity index (χ2n) is 7.18. The number of rotatable bonds is 3. The third-order valence-electron chi connectivity index (χ3n) is 5.38. The molecule has 5 rings (SSSR count). The van der Waals surface area contributed by atoms with Crippen molar-refractivity contribution in [3.63, 3.8) is 0 Å². The summed E-state index contributed by atoms with van der Waals surface area (Å²) < 4.78 is 0.772. The number of pyridine rings is 1. The van der Waals surface area contributed by atoms with Crippen molar-refractivity contribution in [3.05, 3.63) is 100 Å². The molecule has 1 saturated heterocycles. The zero-order chi connectivity index (χ0) is 21.5. The Labute approximate surface area is 186 Å². The lowest BCUT2D eigenvalue weighted by atomic mass is 9.96. The molecule has 0 spiro atoms. The Morgan fingerprint density at radius 2 is 1.90 bits per heavy atom. The highest BCUT2D eigenvalue weighted by molar-refractivity contribution is 9.10. The fraction of sp³-hybridized carbons (Fsp3) is 0.0417. The van der Waals surface area contributed by atoms with Crippen LogP contribution in [0.4, 0.5) is 5.69 Å². The van der Waals surface area contributed by atoms with E-state index in [9.17, 15) is 14.7 Å². The predicted molar refractivity (Wildman–Crippen MR) is 121 cm³/mol. The fourth-order valence-corrected chi connectivity index (χ4v) is 4.38. The van der Waals surface area contributed by atoms with Crippen molar-refractivity contribution >= 4 is 50.0 Å². The first-order valence-electron chi connectivity index (χ1n) is 9.59. The van der Waals surface area contributed by atoms with Gasteiger partial charge in [0.05, 0.1) is 11.6 Å². The number of anilines is 1. The van der Waals surface area contributed by atoms with E-state index in [4.69, 9.17) is 0 Å². The van der Waals surface area contributed by atoms with Crippen LogP contribution in [0.15, 0.2) is 89.3 Å². The van der Waals surface area contributed by atoms with Gasteiger partial charge in [-0.05, 0) is 35.9 Å². The van der Waals surface area contributed by atoms with Crippen LogP contribution in [-0.4, -0.2) is 26.8 Å². The maximum Gasteiger partial charge on any atom is 0.300 e. The van der Waals surface area contributed by atoms with Crippen molar-refractivity contribution in [1.82, 2.24) is 9.97 Å². The van der Waals surface area contributed by atoms with E-state index in [0.717, 1.165) is 15.4 Å². The third kappa shape index (κ3) is 3.14. The van der Waals surface area contributed by atoms with E-state index in [1.54, 1.807) is 48.9 Å². The summed E-state index contributed by atoms with van der Waals surface area (Å²) in [6.07, 6.45) is 4.87. The maximum absolute atomic E-state index is 13.2. The Morgan fingerprint density at radius 3 is 2.68 bits per heavy atom. The monoisotopic (exact) mass is 473 g/mol. The van der Waals surface area contributed by atoms with Gasteiger partial charge in [0, 0.05) is 45.2 Å². The Balaban J connectivity index is 1.76. The van der Waals surface area contributed by atoms with Gasteiger partial charge in [0.1, 0.15) is 5.76 Å². The van der Waals surface area contributed by atoms with Crippen LogP contribution in [-0.2, 0) is 9.59 Å². The number of hydrogen-bond donors (Lipinski definition) is 2. The van der Waals surface area contributed by atoms with Crippen LogP contribution < -0.4 is 4.90 Å². The topological polar surface area (TPSA) is 86.3 Å². The van der Waals surface area contributed by atoms with Gasteiger partial charge < -0.3 is 10.1 Å². The van der Waals surface area contributed by atoms with Crippen LogP contribution in [0.25, 0.3) is 16.7 Å². The summed E-state index contributed by atoms with van der Waals surface area (Å²) in [7, 11) is 0. The standard InChI is InChI=1S/C24H16BrN3O3/c25-15-6-3-7-16(11-15)28-21(14-5-4-10-26-12-14)20(23(30)24(28)31)22(29)18-13-27-19-9-2-1-8-17(18)19/h1-13,21,27,29H/b22-20-. The molecule has 1 fully saturated rings. The smallest absolute Gasteiger partial charge is 0.300 e.